The summed E-state index contributed by atoms with van der Waals surface area (Å²) >= 11 is 0. The van der Waals surface area contributed by atoms with E-state index in [0.717, 1.165) is 34.2 Å². The van der Waals surface area contributed by atoms with Crippen molar-refractivity contribution in [1.29, 1.82) is 0 Å². The molecule has 0 aliphatic heterocycles. The van der Waals surface area contributed by atoms with Crippen molar-refractivity contribution in [1.82, 2.24) is 25.0 Å². The Hall–Kier alpha value is -4.27. The fourth-order valence-corrected chi connectivity index (χ4v) is 3.40. The molecule has 0 unspecified atom stereocenters. The minimum atomic E-state index is -4.38. The topological polar surface area (TPSA) is 68.5 Å². The number of halogens is 3. The SMILES string of the molecule is FC(F)(F)c1ccc(Nc2nnc(-c3ccc(-n4cncn4)cc3)c3ccccc23)cc1. The van der Waals surface area contributed by atoms with Gasteiger partial charge < -0.3 is 5.32 Å². The van der Waals surface area contributed by atoms with Crippen LogP contribution in [0.25, 0.3) is 27.7 Å². The maximum absolute atomic E-state index is 12.8. The summed E-state index contributed by atoms with van der Waals surface area (Å²) in [6.07, 6.45) is -1.29. The number of fused-ring (bicyclic) bond motifs is 1. The molecule has 0 aliphatic carbocycles. The molecule has 0 bridgehead atoms. The highest BCUT2D eigenvalue weighted by Crippen LogP contribution is 2.33. The number of rotatable bonds is 4. The van der Waals surface area contributed by atoms with Crippen molar-refractivity contribution in [3.8, 4) is 16.9 Å². The molecule has 3 aromatic carbocycles. The molecule has 1 N–H and O–H groups in total. The van der Waals surface area contributed by atoms with E-state index in [9.17, 15) is 13.2 Å². The number of nitrogens with zero attached hydrogens (tertiary/aromatic N) is 5. The second kappa shape index (κ2) is 7.77. The Morgan fingerprint density at radius 1 is 0.781 bits per heavy atom. The second-order valence-electron chi connectivity index (χ2n) is 7.03. The van der Waals surface area contributed by atoms with E-state index in [1.165, 1.54) is 18.5 Å². The fourth-order valence-electron chi connectivity index (χ4n) is 3.40. The van der Waals surface area contributed by atoms with E-state index in [2.05, 4.69) is 25.6 Å². The molecular formula is C23H15F3N6. The van der Waals surface area contributed by atoms with Crippen LogP contribution >= 0.6 is 0 Å². The van der Waals surface area contributed by atoms with Crippen molar-refractivity contribution in [3.63, 3.8) is 0 Å². The van der Waals surface area contributed by atoms with Crippen LogP contribution in [0.15, 0.2) is 85.5 Å². The summed E-state index contributed by atoms with van der Waals surface area (Å²) in [6.45, 7) is 0. The standard InChI is InChI=1S/C23H15F3N6/c24-23(25,26)16-7-9-17(10-8-16)29-22-20-4-2-1-3-19(20)21(30-31-22)15-5-11-18(12-6-15)32-14-27-13-28-32/h1-14H,(H,29,31). The van der Waals surface area contributed by atoms with Gasteiger partial charge in [-0.2, -0.15) is 18.3 Å². The van der Waals surface area contributed by atoms with Gasteiger partial charge in [0.25, 0.3) is 0 Å². The summed E-state index contributed by atoms with van der Waals surface area (Å²) in [6, 6.07) is 20.1. The molecule has 6 nitrogen and oxygen atoms in total. The summed E-state index contributed by atoms with van der Waals surface area (Å²) in [5.74, 6) is 0.461. The molecule has 5 rings (SSSR count). The van der Waals surface area contributed by atoms with Crippen molar-refractivity contribution in [2.45, 2.75) is 6.18 Å². The maximum Gasteiger partial charge on any atom is 0.416 e. The van der Waals surface area contributed by atoms with E-state index < -0.39 is 11.7 Å². The number of anilines is 2. The molecule has 9 heteroatoms. The van der Waals surface area contributed by atoms with E-state index in [4.69, 9.17) is 0 Å². The summed E-state index contributed by atoms with van der Waals surface area (Å²) < 4.78 is 40.1. The van der Waals surface area contributed by atoms with Gasteiger partial charge >= 0.3 is 6.18 Å². The highest BCUT2D eigenvalue weighted by molar-refractivity contribution is 6.00. The van der Waals surface area contributed by atoms with Crippen molar-refractivity contribution >= 4 is 22.3 Å². The van der Waals surface area contributed by atoms with Crippen LogP contribution in [0.4, 0.5) is 24.7 Å². The van der Waals surface area contributed by atoms with Gasteiger partial charge in [0.2, 0.25) is 0 Å². The van der Waals surface area contributed by atoms with Gasteiger partial charge in [0, 0.05) is 22.0 Å². The number of nitrogens with one attached hydrogen (secondary N) is 1. The third-order valence-corrected chi connectivity index (χ3v) is 4.99. The van der Waals surface area contributed by atoms with Gasteiger partial charge in [-0.1, -0.05) is 36.4 Å². The normalized spacial score (nSPS) is 11.6. The zero-order valence-corrected chi connectivity index (χ0v) is 16.5. The maximum atomic E-state index is 12.8. The summed E-state index contributed by atoms with van der Waals surface area (Å²) in [5.41, 5.74) is 2.22. The molecule has 0 fully saturated rings. The smallest absolute Gasteiger partial charge is 0.338 e. The zero-order valence-electron chi connectivity index (χ0n) is 16.5. The van der Waals surface area contributed by atoms with Crippen molar-refractivity contribution in [3.05, 3.63) is 91.0 Å². The lowest BCUT2D eigenvalue weighted by atomic mass is 10.0. The highest BCUT2D eigenvalue weighted by Gasteiger charge is 2.30. The predicted molar refractivity (Wildman–Crippen MR) is 115 cm³/mol. The molecule has 0 saturated carbocycles. The summed E-state index contributed by atoms with van der Waals surface area (Å²) in [5, 5.41) is 17.6. The van der Waals surface area contributed by atoms with E-state index >= 15 is 0 Å². The molecule has 32 heavy (non-hydrogen) atoms. The first-order valence-corrected chi connectivity index (χ1v) is 9.64. The summed E-state index contributed by atoms with van der Waals surface area (Å²) in [7, 11) is 0. The number of alkyl halides is 3. The predicted octanol–water partition coefficient (Wildman–Crippen LogP) is 5.64. The lowest BCUT2D eigenvalue weighted by Gasteiger charge is -2.12. The summed E-state index contributed by atoms with van der Waals surface area (Å²) in [4.78, 5) is 3.95. The van der Waals surface area contributed by atoms with Crippen LogP contribution in [0.2, 0.25) is 0 Å². The van der Waals surface area contributed by atoms with Crippen LogP contribution in [0.3, 0.4) is 0 Å². The second-order valence-corrected chi connectivity index (χ2v) is 7.03. The third-order valence-electron chi connectivity index (χ3n) is 4.99. The Morgan fingerprint density at radius 3 is 2.16 bits per heavy atom. The molecule has 0 saturated heterocycles. The van der Waals surface area contributed by atoms with Crippen LogP contribution in [-0.4, -0.2) is 25.0 Å². The van der Waals surface area contributed by atoms with Crippen LogP contribution in [-0.2, 0) is 6.18 Å². The van der Waals surface area contributed by atoms with Crippen molar-refractivity contribution < 1.29 is 13.2 Å². The van der Waals surface area contributed by atoms with Crippen molar-refractivity contribution in [2.24, 2.45) is 0 Å². The minimum absolute atomic E-state index is 0.461. The van der Waals surface area contributed by atoms with Gasteiger partial charge in [-0.05, 0) is 36.4 Å². The van der Waals surface area contributed by atoms with Gasteiger partial charge in [-0.15, -0.1) is 10.2 Å². The largest absolute Gasteiger partial charge is 0.416 e. The monoisotopic (exact) mass is 432 g/mol. The molecule has 158 valence electrons. The van der Waals surface area contributed by atoms with E-state index in [0.29, 0.717) is 17.2 Å². The molecule has 2 heterocycles. The molecule has 0 spiro atoms. The van der Waals surface area contributed by atoms with E-state index in [1.807, 2.05) is 48.5 Å². The zero-order chi connectivity index (χ0) is 22.1. The minimum Gasteiger partial charge on any atom is -0.338 e. The first-order valence-electron chi connectivity index (χ1n) is 9.64. The lowest BCUT2D eigenvalue weighted by Crippen LogP contribution is -2.05. The average molecular weight is 432 g/mol. The first-order chi connectivity index (χ1) is 15.5. The highest BCUT2D eigenvalue weighted by atomic mass is 19.4. The van der Waals surface area contributed by atoms with Gasteiger partial charge in [-0.25, -0.2) is 9.67 Å². The molecule has 0 amide bonds. The first kappa shape index (κ1) is 19.7. The Kier molecular flexibility index (Phi) is 4.78. The molecule has 2 aromatic heterocycles. The Morgan fingerprint density at radius 2 is 1.50 bits per heavy atom. The van der Waals surface area contributed by atoms with Crippen LogP contribution in [0.1, 0.15) is 5.56 Å². The quantitative estimate of drug-likeness (QED) is 0.398. The van der Waals surface area contributed by atoms with Gasteiger partial charge in [0.05, 0.1) is 11.3 Å². The van der Waals surface area contributed by atoms with Gasteiger partial charge in [0.1, 0.15) is 18.3 Å². The Balaban J connectivity index is 1.49. The Bertz CT molecular complexity index is 1360. The fraction of sp³-hybridized carbons (Fsp3) is 0.0435. The van der Waals surface area contributed by atoms with Gasteiger partial charge in [0.15, 0.2) is 5.82 Å². The van der Waals surface area contributed by atoms with Gasteiger partial charge in [-0.3, -0.25) is 0 Å². The van der Waals surface area contributed by atoms with E-state index in [-0.39, 0.29) is 0 Å². The van der Waals surface area contributed by atoms with Crippen molar-refractivity contribution in [2.75, 3.05) is 5.32 Å². The molecular weight excluding hydrogens is 417 g/mol. The third kappa shape index (κ3) is 3.76. The number of hydrogen-bond acceptors (Lipinski definition) is 5. The number of aromatic nitrogens is 5. The van der Waals surface area contributed by atoms with Crippen LogP contribution in [0.5, 0.6) is 0 Å². The lowest BCUT2D eigenvalue weighted by molar-refractivity contribution is -0.137. The molecule has 0 aliphatic rings. The molecule has 0 atom stereocenters. The number of benzene rings is 3. The Labute approximate surface area is 180 Å². The van der Waals surface area contributed by atoms with E-state index in [1.54, 1.807) is 11.0 Å². The number of hydrogen-bond donors (Lipinski definition) is 1. The average Bonchev–Trinajstić information content (AvgIpc) is 3.34. The molecule has 0 radical (unpaired) electrons. The molecule has 5 aromatic rings. The van der Waals surface area contributed by atoms with Crippen LogP contribution in [0, 0.1) is 0 Å². The van der Waals surface area contributed by atoms with Crippen LogP contribution < -0.4 is 5.32 Å².